The monoisotopic (exact) mass is 376 g/mol. The molecule has 0 aromatic heterocycles. The highest BCUT2D eigenvalue weighted by molar-refractivity contribution is 6.30. The second kappa shape index (κ2) is 9.22. The van der Waals surface area contributed by atoms with E-state index < -0.39 is 18.1 Å². The Kier molecular flexibility index (Phi) is 7.00. The van der Waals surface area contributed by atoms with Gasteiger partial charge in [0.2, 0.25) is 6.41 Å². The molecule has 138 valence electrons. The first-order chi connectivity index (χ1) is 12.5. The van der Waals surface area contributed by atoms with Gasteiger partial charge in [-0.3, -0.25) is 9.59 Å². The standard InChI is InChI=1S/C19H21ClN2O4/c1-13(22(12-23)16-6-8-17(26-2)9-7-16)18(24)19(25)21-11-14-4-3-5-15(20)10-14/h3-10,12-13,18,24H,11H2,1-2H3,(H,21,25). The highest BCUT2D eigenvalue weighted by Gasteiger charge is 2.27. The summed E-state index contributed by atoms with van der Waals surface area (Å²) in [7, 11) is 1.54. The van der Waals surface area contributed by atoms with Crippen LogP contribution in [0.3, 0.4) is 0 Å². The number of hydrogen-bond acceptors (Lipinski definition) is 4. The minimum Gasteiger partial charge on any atom is -0.497 e. The zero-order valence-corrected chi connectivity index (χ0v) is 15.3. The number of aliphatic hydroxyl groups is 1. The van der Waals surface area contributed by atoms with E-state index in [0.29, 0.717) is 22.9 Å². The van der Waals surface area contributed by atoms with E-state index in [2.05, 4.69) is 5.32 Å². The fourth-order valence-corrected chi connectivity index (χ4v) is 2.67. The summed E-state index contributed by atoms with van der Waals surface area (Å²) < 4.78 is 5.08. The number of amides is 2. The Morgan fingerprint density at radius 1 is 1.31 bits per heavy atom. The summed E-state index contributed by atoms with van der Waals surface area (Å²) in [5.41, 5.74) is 1.36. The molecule has 0 bridgehead atoms. The molecule has 2 unspecified atom stereocenters. The predicted octanol–water partition coefficient (Wildman–Crippen LogP) is 2.38. The number of carbonyl (C=O) groups excluding carboxylic acids is 2. The summed E-state index contributed by atoms with van der Waals surface area (Å²) in [4.78, 5) is 25.0. The van der Waals surface area contributed by atoms with E-state index in [4.69, 9.17) is 16.3 Å². The Morgan fingerprint density at radius 2 is 2.00 bits per heavy atom. The number of hydrogen-bond donors (Lipinski definition) is 2. The number of nitrogens with one attached hydrogen (secondary N) is 1. The van der Waals surface area contributed by atoms with Gasteiger partial charge in [0.1, 0.15) is 5.75 Å². The Labute approximate surface area is 157 Å². The first kappa shape index (κ1) is 19.8. The Bertz CT molecular complexity index is 751. The predicted molar refractivity (Wildman–Crippen MR) is 100 cm³/mol. The van der Waals surface area contributed by atoms with Crippen molar-refractivity contribution >= 4 is 29.6 Å². The third-order valence-electron chi connectivity index (χ3n) is 4.00. The van der Waals surface area contributed by atoms with Gasteiger partial charge in [-0.2, -0.15) is 0 Å². The third-order valence-corrected chi connectivity index (χ3v) is 4.24. The number of aliphatic hydroxyl groups excluding tert-OH is 1. The van der Waals surface area contributed by atoms with Crippen molar-refractivity contribution in [3.63, 3.8) is 0 Å². The first-order valence-corrected chi connectivity index (χ1v) is 8.42. The Hall–Kier alpha value is -2.57. The van der Waals surface area contributed by atoms with Crippen molar-refractivity contribution < 1.29 is 19.4 Å². The molecule has 2 rings (SSSR count). The smallest absolute Gasteiger partial charge is 0.251 e. The van der Waals surface area contributed by atoms with E-state index in [0.717, 1.165) is 5.56 Å². The van der Waals surface area contributed by atoms with Gasteiger partial charge in [0.05, 0.1) is 13.2 Å². The van der Waals surface area contributed by atoms with Crippen LogP contribution in [0, 0.1) is 0 Å². The molecule has 2 aromatic carbocycles. The number of nitrogens with zero attached hydrogens (tertiary/aromatic N) is 1. The van der Waals surface area contributed by atoms with Crippen LogP contribution in [0.4, 0.5) is 5.69 Å². The van der Waals surface area contributed by atoms with Gasteiger partial charge in [-0.1, -0.05) is 23.7 Å². The maximum absolute atomic E-state index is 12.2. The van der Waals surface area contributed by atoms with Gasteiger partial charge in [0.25, 0.3) is 5.91 Å². The van der Waals surface area contributed by atoms with Gasteiger partial charge in [-0.15, -0.1) is 0 Å². The van der Waals surface area contributed by atoms with Crippen molar-refractivity contribution in [3.05, 3.63) is 59.1 Å². The van der Waals surface area contributed by atoms with E-state index in [1.54, 1.807) is 56.5 Å². The van der Waals surface area contributed by atoms with Crippen molar-refractivity contribution in [1.29, 1.82) is 0 Å². The SMILES string of the molecule is COc1ccc(N(C=O)C(C)C(O)C(=O)NCc2cccc(Cl)c2)cc1. The summed E-state index contributed by atoms with van der Waals surface area (Å²) in [6.45, 7) is 1.83. The van der Waals surface area contributed by atoms with E-state index >= 15 is 0 Å². The summed E-state index contributed by atoms with van der Waals surface area (Å²) in [6, 6.07) is 13.1. The lowest BCUT2D eigenvalue weighted by Crippen LogP contribution is -2.48. The van der Waals surface area contributed by atoms with Gasteiger partial charge in [-0.25, -0.2) is 0 Å². The summed E-state index contributed by atoms with van der Waals surface area (Å²) >= 11 is 5.91. The summed E-state index contributed by atoms with van der Waals surface area (Å²) in [6.07, 6.45) is -0.804. The van der Waals surface area contributed by atoms with Crippen molar-refractivity contribution in [1.82, 2.24) is 5.32 Å². The fourth-order valence-electron chi connectivity index (χ4n) is 2.46. The lowest BCUT2D eigenvalue weighted by atomic mass is 10.1. The highest BCUT2D eigenvalue weighted by Crippen LogP contribution is 2.21. The van der Waals surface area contributed by atoms with Gasteiger partial charge in [-0.05, 0) is 48.9 Å². The van der Waals surface area contributed by atoms with Crippen molar-refractivity contribution in [3.8, 4) is 5.75 Å². The lowest BCUT2D eigenvalue weighted by Gasteiger charge is -2.28. The van der Waals surface area contributed by atoms with Crippen LogP contribution < -0.4 is 15.0 Å². The molecule has 2 N–H and O–H groups in total. The molecular weight excluding hydrogens is 356 g/mol. The van der Waals surface area contributed by atoms with Crippen LogP contribution >= 0.6 is 11.6 Å². The van der Waals surface area contributed by atoms with E-state index in [9.17, 15) is 14.7 Å². The molecular formula is C19H21ClN2O4. The topological polar surface area (TPSA) is 78.9 Å². The van der Waals surface area contributed by atoms with E-state index in [1.165, 1.54) is 4.90 Å². The molecule has 0 aliphatic heterocycles. The normalized spacial score (nSPS) is 12.8. The van der Waals surface area contributed by atoms with Crippen LogP contribution in [-0.2, 0) is 16.1 Å². The highest BCUT2D eigenvalue weighted by atomic mass is 35.5. The van der Waals surface area contributed by atoms with Gasteiger partial charge in [0, 0.05) is 17.3 Å². The molecule has 0 heterocycles. The average molecular weight is 377 g/mol. The second-order valence-corrected chi connectivity index (χ2v) is 6.18. The number of carbonyl (C=O) groups is 2. The second-order valence-electron chi connectivity index (χ2n) is 5.74. The average Bonchev–Trinajstić information content (AvgIpc) is 2.66. The lowest BCUT2D eigenvalue weighted by molar-refractivity contribution is -0.130. The first-order valence-electron chi connectivity index (χ1n) is 8.04. The zero-order valence-electron chi connectivity index (χ0n) is 14.6. The Morgan fingerprint density at radius 3 is 2.58 bits per heavy atom. The Balaban J connectivity index is 2.01. The van der Waals surface area contributed by atoms with Crippen molar-refractivity contribution in [2.24, 2.45) is 0 Å². The number of rotatable bonds is 8. The molecule has 0 aliphatic carbocycles. The van der Waals surface area contributed by atoms with Gasteiger partial charge >= 0.3 is 0 Å². The van der Waals surface area contributed by atoms with E-state index in [1.807, 2.05) is 6.07 Å². The number of benzene rings is 2. The van der Waals surface area contributed by atoms with Crippen molar-refractivity contribution in [2.45, 2.75) is 25.6 Å². The minimum atomic E-state index is -1.39. The molecule has 6 nitrogen and oxygen atoms in total. The molecule has 26 heavy (non-hydrogen) atoms. The minimum absolute atomic E-state index is 0.229. The van der Waals surface area contributed by atoms with Crippen LogP contribution in [0.5, 0.6) is 5.75 Å². The summed E-state index contributed by atoms with van der Waals surface area (Å²) in [5, 5.41) is 13.5. The molecule has 7 heteroatoms. The summed E-state index contributed by atoms with van der Waals surface area (Å²) in [5.74, 6) is 0.0740. The molecule has 0 radical (unpaired) electrons. The van der Waals surface area contributed by atoms with E-state index in [-0.39, 0.29) is 6.54 Å². The molecule has 0 aliphatic rings. The van der Waals surface area contributed by atoms with Crippen LogP contribution in [0.15, 0.2) is 48.5 Å². The molecule has 0 saturated heterocycles. The van der Waals surface area contributed by atoms with Crippen molar-refractivity contribution in [2.75, 3.05) is 12.0 Å². The molecule has 0 fully saturated rings. The quantitative estimate of drug-likeness (QED) is 0.693. The number of ether oxygens (including phenoxy) is 1. The van der Waals surface area contributed by atoms with Gasteiger partial charge < -0.3 is 20.1 Å². The number of anilines is 1. The van der Waals surface area contributed by atoms with Crippen LogP contribution in [-0.4, -0.2) is 36.7 Å². The molecule has 2 amide bonds. The fraction of sp³-hybridized carbons (Fsp3) is 0.263. The van der Waals surface area contributed by atoms with Crippen LogP contribution in [0.25, 0.3) is 0 Å². The molecule has 0 spiro atoms. The molecule has 0 saturated carbocycles. The largest absolute Gasteiger partial charge is 0.497 e. The number of methoxy groups -OCH3 is 1. The molecule has 2 aromatic rings. The maximum atomic E-state index is 12.2. The molecule has 2 atom stereocenters. The van der Waals surface area contributed by atoms with Crippen LogP contribution in [0.2, 0.25) is 5.02 Å². The third kappa shape index (κ3) is 4.97. The number of halogens is 1. The van der Waals surface area contributed by atoms with Crippen LogP contribution in [0.1, 0.15) is 12.5 Å². The zero-order chi connectivity index (χ0) is 19.1. The van der Waals surface area contributed by atoms with Gasteiger partial charge in [0.15, 0.2) is 6.10 Å². The maximum Gasteiger partial charge on any atom is 0.251 e.